The molecule has 0 atom stereocenters. The molecule has 2 N–H and O–H groups in total. The Bertz CT molecular complexity index is 429. The molecule has 0 saturated heterocycles. The Morgan fingerprint density at radius 2 is 2.24 bits per heavy atom. The zero-order valence-electron chi connectivity index (χ0n) is 9.50. The highest BCUT2D eigenvalue weighted by atomic mass is 35.5. The van der Waals surface area contributed by atoms with E-state index >= 15 is 0 Å². The molecule has 0 amide bonds. The molecule has 0 aromatic carbocycles. The number of likely N-dealkylation sites (N-methyl/N-ethyl adjacent to an activating group) is 1. The molecule has 17 heavy (non-hydrogen) atoms. The van der Waals surface area contributed by atoms with Gasteiger partial charge in [-0.15, -0.1) is 35.1 Å². The van der Waals surface area contributed by atoms with E-state index < -0.39 is 0 Å². The fourth-order valence-electron chi connectivity index (χ4n) is 1.40. The highest BCUT2D eigenvalue weighted by molar-refractivity contribution is 7.15. The second kappa shape index (κ2) is 6.90. The van der Waals surface area contributed by atoms with Crippen LogP contribution in [-0.4, -0.2) is 28.5 Å². The van der Waals surface area contributed by atoms with Crippen LogP contribution in [0.5, 0.6) is 0 Å². The van der Waals surface area contributed by atoms with Gasteiger partial charge in [0.15, 0.2) is 5.13 Å². The molecule has 0 unspecified atom stereocenters. The molecule has 2 aromatic heterocycles. The first-order chi connectivity index (χ1) is 7.74. The number of halogens is 1. The van der Waals surface area contributed by atoms with Crippen molar-refractivity contribution in [3.8, 4) is 0 Å². The Morgan fingerprint density at radius 3 is 2.82 bits per heavy atom. The number of hydrogen-bond donors (Lipinski definition) is 1. The Hall–Kier alpha value is -0.690. The number of rotatable bonds is 5. The van der Waals surface area contributed by atoms with E-state index in [1.807, 2.05) is 17.8 Å². The Kier molecular flexibility index (Phi) is 5.84. The van der Waals surface area contributed by atoms with E-state index in [1.165, 1.54) is 9.88 Å². The number of nitrogens with two attached hydrogens (primary N) is 1. The maximum Gasteiger partial charge on any atom is 0.180 e. The summed E-state index contributed by atoms with van der Waals surface area (Å²) in [5, 5.41) is 3.85. The lowest BCUT2D eigenvalue weighted by molar-refractivity contribution is 0.334. The summed E-state index contributed by atoms with van der Waals surface area (Å²) in [6, 6.07) is 0. The molecule has 0 saturated carbocycles. The number of anilines is 1. The lowest BCUT2D eigenvalue weighted by Crippen LogP contribution is -2.20. The molecule has 0 aliphatic heterocycles. The van der Waals surface area contributed by atoms with Crippen molar-refractivity contribution >= 4 is 40.2 Å². The second-order valence-corrected chi connectivity index (χ2v) is 5.70. The summed E-state index contributed by atoms with van der Waals surface area (Å²) in [5.74, 6) is 0. The van der Waals surface area contributed by atoms with Gasteiger partial charge in [0.1, 0.15) is 0 Å². The normalized spacial score (nSPS) is 10.5. The molecule has 2 heterocycles. The summed E-state index contributed by atoms with van der Waals surface area (Å²) in [7, 11) is 2.10. The van der Waals surface area contributed by atoms with Crippen molar-refractivity contribution in [1.29, 1.82) is 0 Å². The maximum atomic E-state index is 5.59. The third-order valence-corrected chi connectivity index (χ3v) is 3.84. The molecule has 0 radical (unpaired) electrons. The maximum absolute atomic E-state index is 5.59. The summed E-state index contributed by atoms with van der Waals surface area (Å²) in [4.78, 5) is 11.8. The summed E-state index contributed by atoms with van der Waals surface area (Å²) in [6.07, 6.45) is 4.70. The summed E-state index contributed by atoms with van der Waals surface area (Å²) in [6.45, 7) is 1.91. The van der Waals surface area contributed by atoms with Crippen LogP contribution in [0.3, 0.4) is 0 Å². The largest absolute Gasteiger partial charge is 0.375 e. The fourth-order valence-corrected chi connectivity index (χ4v) is 2.78. The molecule has 2 rings (SSSR count). The van der Waals surface area contributed by atoms with Gasteiger partial charge in [-0.05, 0) is 7.05 Å². The lowest BCUT2D eigenvalue weighted by Gasteiger charge is -2.13. The number of nitrogens with zero attached hydrogens (tertiary/aromatic N) is 3. The molecular weight excluding hydrogens is 276 g/mol. The first-order valence-electron chi connectivity index (χ1n) is 5.01. The van der Waals surface area contributed by atoms with Crippen LogP contribution in [0.4, 0.5) is 5.13 Å². The number of aromatic nitrogens is 2. The Labute approximate surface area is 115 Å². The van der Waals surface area contributed by atoms with Gasteiger partial charge >= 0.3 is 0 Å². The second-order valence-electron chi connectivity index (χ2n) is 3.58. The summed E-state index contributed by atoms with van der Waals surface area (Å²) in [5.41, 5.74) is 5.59. The van der Waals surface area contributed by atoms with E-state index in [0.29, 0.717) is 5.13 Å². The molecule has 0 aliphatic rings. The standard InChI is InChI=1S/C10H14N4S2.ClH/c1-14(4-2-9-12-3-5-15-9)7-8-6-13-10(11)16-8;/h3,5-6H,2,4,7H2,1H3,(H2,11,13);1H. The van der Waals surface area contributed by atoms with Gasteiger partial charge in [-0.25, -0.2) is 9.97 Å². The van der Waals surface area contributed by atoms with Crippen LogP contribution in [0, 0.1) is 0 Å². The number of thiazole rings is 2. The van der Waals surface area contributed by atoms with Crippen LogP contribution in [0.25, 0.3) is 0 Å². The molecule has 4 nitrogen and oxygen atoms in total. The van der Waals surface area contributed by atoms with Gasteiger partial charge in [0.25, 0.3) is 0 Å². The number of nitrogen functional groups attached to an aromatic ring is 1. The van der Waals surface area contributed by atoms with Crippen molar-refractivity contribution in [2.24, 2.45) is 0 Å². The van der Waals surface area contributed by atoms with Crippen molar-refractivity contribution in [3.05, 3.63) is 27.7 Å². The summed E-state index contributed by atoms with van der Waals surface area (Å²) < 4.78 is 0. The van der Waals surface area contributed by atoms with E-state index in [4.69, 9.17) is 5.73 Å². The first-order valence-corrected chi connectivity index (χ1v) is 6.71. The van der Waals surface area contributed by atoms with Gasteiger partial charge in [-0.1, -0.05) is 0 Å². The molecule has 94 valence electrons. The number of hydrogen-bond acceptors (Lipinski definition) is 6. The smallest absolute Gasteiger partial charge is 0.180 e. The molecule has 0 fully saturated rings. The van der Waals surface area contributed by atoms with Gasteiger partial charge in [0, 0.05) is 42.2 Å². The first kappa shape index (κ1) is 14.4. The Balaban J connectivity index is 0.00000144. The monoisotopic (exact) mass is 290 g/mol. The van der Waals surface area contributed by atoms with E-state index in [-0.39, 0.29) is 12.4 Å². The predicted octanol–water partition coefficient (Wildman–Crippen LogP) is 2.28. The quantitative estimate of drug-likeness (QED) is 0.918. The average Bonchev–Trinajstić information content (AvgIpc) is 2.87. The minimum atomic E-state index is 0. The van der Waals surface area contributed by atoms with Gasteiger partial charge < -0.3 is 10.6 Å². The van der Waals surface area contributed by atoms with Crippen LogP contribution >= 0.6 is 35.1 Å². The predicted molar refractivity (Wildman–Crippen MR) is 75.9 cm³/mol. The zero-order chi connectivity index (χ0) is 11.4. The van der Waals surface area contributed by atoms with Gasteiger partial charge in [0.05, 0.1) is 5.01 Å². The van der Waals surface area contributed by atoms with Crippen LogP contribution in [0.1, 0.15) is 9.88 Å². The molecule has 0 bridgehead atoms. The van der Waals surface area contributed by atoms with Crippen LogP contribution in [-0.2, 0) is 13.0 Å². The van der Waals surface area contributed by atoms with Crippen molar-refractivity contribution < 1.29 is 0 Å². The third-order valence-electron chi connectivity index (χ3n) is 2.19. The molecular formula is C10H15ClN4S2. The van der Waals surface area contributed by atoms with Gasteiger partial charge in [-0.3, -0.25) is 0 Å². The van der Waals surface area contributed by atoms with Crippen molar-refractivity contribution in [2.45, 2.75) is 13.0 Å². The third kappa shape index (κ3) is 4.59. The van der Waals surface area contributed by atoms with Crippen molar-refractivity contribution in [3.63, 3.8) is 0 Å². The molecule has 0 aliphatic carbocycles. The molecule has 0 spiro atoms. The average molecular weight is 291 g/mol. The minimum Gasteiger partial charge on any atom is -0.375 e. The highest BCUT2D eigenvalue weighted by Crippen LogP contribution is 2.16. The van der Waals surface area contributed by atoms with Crippen LogP contribution in [0.2, 0.25) is 0 Å². The van der Waals surface area contributed by atoms with Crippen molar-refractivity contribution in [2.75, 3.05) is 19.3 Å². The topological polar surface area (TPSA) is 55.0 Å². The van der Waals surface area contributed by atoms with Crippen molar-refractivity contribution in [1.82, 2.24) is 14.9 Å². The van der Waals surface area contributed by atoms with Crippen LogP contribution < -0.4 is 5.73 Å². The van der Waals surface area contributed by atoms with E-state index in [9.17, 15) is 0 Å². The lowest BCUT2D eigenvalue weighted by atomic mass is 10.4. The SMILES string of the molecule is CN(CCc1nccs1)Cc1cnc(N)s1.Cl. The van der Waals surface area contributed by atoms with Gasteiger partial charge in [-0.2, -0.15) is 0 Å². The van der Waals surface area contributed by atoms with E-state index in [1.54, 1.807) is 22.7 Å². The van der Waals surface area contributed by atoms with Crippen LogP contribution in [0.15, 0.2) is 17.8 Å². The zero-order valence-corrected chi connectivity index (χ0v) is 11.9. The van der Waals surface area contributed by atoms with E-state index in [0.717, 1.165) is 19.5 Å². The van der Waals surface area contributed by atoms with E-state index in [2.05, 4.69) is 21.9 Å². The van der Waals surface area contributed by atoms with Gasteiger partial charge in [0.2, 0.25) is 0 Å². The molecule has 7 heteroatoms. The molecule has 2 aromatic rings. The fraction of sp³-hybridized carbons (Fsp3) is 0.400. The summed E-state index contributed by atoms with van der Waals surface area (Å²) >= 11 is 3.26. The minimum absolute atomic E-state index is 0. The Morgan fingerprint density at radius 1 is 1.41 bits per heavy atom. The highest BCUT2D eigenvalue weighted by Gasteiger charge is 2.04.